The van der Waals surface area contributed by atoms with Crippen LogP contribution < -0.4 is 10.6 Å². The van der Waals surface area contributed by atoms with E-state index in [-0.39, 0.29) is 29.5 Å². The van der Waals surface area contributed by atoms with Gasteiger partial charge in [0.1, 0.15) is 17.3 Å². The monoisotopic (exact) mass is 235 g/mol. The summed E-state index contributed by atoms with van der Waals surface area (Å²) in [5.74, 6) is -1.33. The van der Waals surface area contributed by atoms with E-state index >= 15 is 0 Å². The maximum atomic E-state index is 11.6. The fourth-order valence-corrected chi connectivity index (χ4v) is 1.49. The average Bonchev–Trinajstić information content (AvgIpc) is 2.73. The van der Waals surface area contributed by atoms with Crippen molar-refractivity contribution in [1.82, 2.24) is 14.6 Å². The lowest BCUT2D eigenvalue weighted by molar-refractivity contribution is -0.136. The van der Waals surface area contributed by atoms with Crippen LogP contribution in [0.1, 0.15) is 12.8 Å². The molecular formula is C10H9N3O4. The van der Waals surface area contributed by atoms with Crippen LogP contribution in [0.4, 0.5) is 0 Å². The van der Waals surface area contributed by atoms with Gasteiger partial charge >= 0.3 is 5.97 Å². The SMILES string of the molecule is O=C(O)CCC(O)=c1c(=O)ccn2cnnc12. The molecule has 0 aromatic carbocycles. The minimum atomic E-state index is -1.04. The number of rotatable bonds is 3. The quantitative estimate of drug-likeness (QED) is 0.731. The molecule has 88 valence electrons. The number of hydrogen-bond donors (Lipinski definition) is 2. The predicted octanol–water partition coefficient (Wildman–Crippen LogP) is -0.661. The molecule has 17 heavy (non-hydrogen) atoms. The fourth-order valence-electron chi connectivity index (χ4n) is 1.49. The molecule has 2 heterocycles. The highest BCUT2D eigenvalue weighted by atomic mass is 16.4. The summed E-state index contributed by atoms with van der Waals surface area (Å²) in [5, 5.41) is 25.6. The van der Waals surface area contributed by atoms with E-state index in [9.17, 15) is 14.7 Å². The topological polar surface area (TPSA) is 105 Å². The highest BCUT2D eigenvalue weighted by Gasteiger charge is 2.08. The zero-order valence-corrected chi connectivity index (χ0v) is 8.70. The molecule has 0 spiro atoms. The zero-order chi connectivity index (χ0) is 12.4. The first kappa shape index (κ1) is 11.1. The number of aliphatic hydroxyl groups is 1. The molecule has 2 N–H and O–H groups in total. The van der Waals surface area contributed by atoms with E-state index in [4.69, 9.17) is 5.11 Å². The first-order valence-electron chi connectivity index (χ1n) is 4.86. The lowest BCUT2D eigenvalue weighted by Gasteiger charge is -1.97. The van der Waals surface area contributed by atoms with E-state index in [1.165, 1.54) is 23.0 Å². The van der Waals surface area contributed by atoms with Crippen molar-refractivity contribution in [2.75, 3.05) is 0 Å². The number of pyridine rings is 1. The molecule has 2 aromatic heterocycles. The Labute approximate surface area is 94.6 Å². The number of nitrogens with zero attached hydrogens (tertiary/aromatic N) is 3. The van der Waals surface area contributed by atoms with Crippen molar-refractivity contribution in [1.29, 1.82) is 0 Å². The van der Waals surface area contributed by atoms with E-state index in [1.807, 2.05) is 0 Å². The Morgan fingerprint density at radius 3 is 2.82 bits per heavy atom. The van der Waals surface area contributed by atoms with Crippen LogP contribution in [0.2, 0.25) is 0 Å². The van der Waals surface area contributed by atoms with Gasteiger partial charge in [0, 0.05) is 18.7 Å². The molecule has 0 aliphatic heterocycles. The van der Waals surface area contributed by atoms with E-state index in [0.717, 1.165) is 0 Å². The highest BCUT2D eigenvalue weighted by molar-refractivity contribution is 5.68. The highest BCUT2D eigenvalue weighted by Crippen LogP contribution is 2.00. The van der Waals surface area contributed by atoms with Crippen molar-refractivity contribution in [2.24, 2.45) is 0 Å². The lowest BCUT2D eigenvalue weighted by Crippen LogP contribution is -2.29. The smallest absolute Gasteiger partial charge is 0.303 e. The van der Waals surface area contributed by atoms with Gasteiger partial charge in [0.15, 0.2) is 11.1 Å². The third-order valence-corrected chi connectivity index (χ3v) is 2.29. The lowest BCUT2D eigenvalue weighted by atomic mass is 10.2. The van der Waals surface area contributed by atoms with Gasteiger partial charge in [0.2, 0.25) is 0 Å². The standard InChI is InChI=1S/C10H9N3O4/c14-6(1-2-8(16)17)9-7(15)3-4-13-5-11-12-10(9)13/h3-5,14H,1-2H2,(H,16,17). The van der Waals surface area contributed by atoms with Crippen molar-refractivity contribution < 1.29 is 15.0 Å². The molecule has 0 saturated heterocycles. The molecular weight excluding hydrogens is 226 g/mol. The van der Waals surface area contributed by atoms with Gasteiger partial charge in [-0.1, -0.05) is 0 Å². The number of carboxylic acids is 1. The third-order valence-electron chi connectivity index (χ3n) is 2.29. The van der Waals surface area contributed by atoms with Crippen molar-refractivity contribution >= 4 is 17.4 Å². The molecule has 0 saturated carbocycles. The number of aliphatic carboxylic acids is 1. The minimum Gasteiger partial charge on any atom is -0.511 e. The molecule has 7 nitrogen and oxygen atoms in total. The summed E-state index contributed by atoms with van der Waals surface area (Å²) in [4.78, 5) is 22.0. The molecule has 0 unspecified atom stereocenters. The Morgan fingerprint density at radius 2 is 2.12 bits per heavy atom. The van der Waals surface area contributed by atoms with Gasteiger partial charge in [-0.05, 0) is 0 Å². The summed E-state index contributed by atoms with van der Waals surface area (Å²) in [7, 11) is 0. The van der Waals surface area contributed by atoms with Crippen molar-refractivity contribution in [3.8, 4) is 0 Å². The van der Waals surface area contributed by atoms with Crippen LogP contribution in [0.5, 0.6) is 0 Å². The van der Waals surface area contributed by atoms with Crippen molar-refractivity contribution in [3.63, 3.8) is 0 Å². The number of aromatic nitrogens is 3. The normalized spacial score (nSPS) is 12.7. The number of hydrogen-bond acceptors (Lipinski definition) is 5. The van der Waals surface area contributed by atoms with Crippen LogP contribution in [-0.2, 0) is 4.79 Å². The second-order valence-corrected chi connectivity index (χ2v) is 3.46. The molecule has 7 heteroatoms. The van der Waals surface area contributed by atoms with Gasteiger partial charge in [-0.3, -0.25) is 14.0 Å². The van der Waals surface area contributed by atoms with Crippen LogP contribution >= 0.6 is 0 Å². The van der Waals surface area contributed by atoms with Gasteiger partial charge in [-0.25, -0.2) is 0 Å². The first-order valence-corrected chi connectivity index (χ1v) is 4.86. The van der Waals surface area contributed by atoms with Gasteiger partial charge in [-0.2, -0.15) is 0 Å². The number of carboxylic acid groups (broad SMARTS) is 1. The molecule has 2 aromatic rings. The maximum absolute atomic E-state index is 11.6. The second-order valence-electron chi connectivity index (χ2n) is 3.46. The Hall–Kier alpha value is -2.44. The summed E-state index contributed by atoms with van der Waals surface area (Å²) in [6.45, 7) is 0. The average molecular weight is 235 g/mol. The second kappa shape index (κ2) is 4.20. The summed E-state index contributed by atoms with van der Waals surface area (Å²) >= 11 is 0. The summed E-state index contributed by atoms with van der Waals surface area (Å²) in [6, 6.07) is 1.27. The van der Waals surface area contributed by atoms with Crippen LogP contribution in [0.15, 0.2) is 23.4 Å². The van der Waals surface area contributed by atoms with E-state index in [1.54, 1.807) is 0 Å². The Bertz CT molecular complexity index is 676. The molecule has 0 amide bonds. The van der Waals surface area contributed by atoms with Crippen molar-refractivity contribution in [3.05, 3.63) is 34.0 Å². The van der Waals surface area contributed by atoms with E-state index in [2.05, 4.69) is 10.2 Å². The summed E-state index contributed by atoms with van der Waals surface area (Å²) < 4.78 is 1.48. The molecule has 0 fully saturated rings. The van der Waals surface area contributed by atoms with Gasteiger partial charge in [0.25, 0.3) is 0 Å². The molecule has 0 bridgehead atoms. The van der Waals surface area contributed by atoms with Crippen LogP contribution in [0.25, 0.3) is 11.4 Å². The molecule has 0 aliphatic carbocycles. The Morgan fingerprint density at radius 1 is 1.35 bits per heavy atom. The Kier molecular flexibility index (Phi) is 2.73. The van der Waals surface area contributed by atoms with Crippen molar-refractivity contribution in [2.45, 2.75) is 12.8 Å². The molecule has 0 radical (unpaired) electrons. The van der Waals surface area contributed by atoms with E-state index < -0.39 is 11.4 Å². The fraction of sp³-hybridized carbons (Fsp3) is 0.200. The molecule has 0 aliphatic rings. The largest absolute Gasteiger partial charge is 0.511 e. The molecule has 2 rings (SSSR count). The number of aliphatic hydroxyl groups excluding tert-OH is 1. The first-order chi connectivity index (χ1) is 8.09. The third kappa shape index (κ3) is 2.07. The summed E-state index contributed by atoms with van der Waals surface area (Å²) in [5.41, 5.74) is -0.186. The predicted molar refractivity (Wildman–Crippen MR) is 57.4 cm³/mol. The molecule has 0 atom stereocenters. The maximum Gasteiger partial charge on any atom is 0.303 e. The van der Waals surface area contributed by atoms with Crippen LogP contribution in [0, 0.1) is 0 Å². The minimum absolute atomic E-state index is 0.00579. The van der Waals surface area contributed by atoms with Gasteiger partial charge in [0.05, 0.1) is 6.42 Å². The number of carbonyl (C=O) groups is 1. The summed E-state index contributed by atoms with van der Waals surface area (Å²) in [6.07, 6.45) is 2.51. The van der Waals surface area contributed by atoms with Crippen LogP contribution in [0.3, 0.4) is 0 Å². The Balaban J connectivity index is 2.63. The number of fused-ring (bicyclic) bond motifs is 1. The van der Waals surface area contributed by atoms with Gasteiger partial charge in [-0.15, -0.1) is 10.2 Å². The van der Waals surface area contributed by atoms with E-state index in [0.29, 0.717) is 0 Å². The zero-order valence-electron chi connectivity index (χ0n) is 8.70. The van der Waals surface area contributed by atoms with Gasteiger partial charge < -0.3 is 10.2 Å². The van der Waals surface area contributed by atoms with Crippen LogP contribution in [-0.4, -0.2) is 30.8 Å².